The molecule has 2 nitrogen and oxygen atoms in total. The molecule has 0 unspecified atom stereocenters. The largest absolute Gasteiger partial charge is 0.389 e. The molecule has 0 aliphatic heterocycles. The fourth-order valence-corrected chi connectivity index (χ4v) is 1.89. The molecule has 0 aliphatic rings. The summed E-state index contributed by atoms with van der Waals surface area (Å²) in [5, 5.41) is 9.60. The van der Waals surface area contributed by atoms with Crippen LogP contribution in [-0.2, 0) is 17.8 Å². The van der Waals surface area contributed by atoms with E-state index >= 15 is 0 Å². The summed E-state index contributed by atoms with van der Waals surface area (Å²) in [6.45, 7) is 0.617. The van der Waals surface area contributed by atoms with Crippen LogP contribution in [0.5, 0.6) is 0 Å². The number of benzene rings is 1. The van der Waals surface area contributed by atoms with Crippen molar-refractivity contribution >= 4 is 22.6 Å². The molecule has 1 aromatic carbocycles. The molecule has 1 N–H and O–H groups in total. The second-order valence-electron chi connectivity index (χ2n) is 3.34. The van der Waals surface area contributed by atoms with Crippen LogP contribution in [0.1, 0.15) is 11.1 Å². The lowest BCUT2D eigenvalue weighted by atomic mass is 10.1. The maximum absolute atomic E-state index is 9.60. The van der Waals surface area contributed by atoms with Crippen molar-refractivity contribution in [3.05, 3.63) is 45.6 Å². The van der Waals surface area contributed by atoms with Crippen molar-refractivity contribution in [2.45, 2.75) is 19.1 Å². The van der Waals surface area contributed by atoms with Crippen LogP contribution in [0.3, 0.4) is 0 Å². The quantitative estimate of drug-likeness (QED) is 0.846. The van der Waals surface area contributed by atoms with Crippen molar-refractivity contribution < 1.29 is 9.84 Å². The second kappa shape index (κ2) is 6.98. The smallest absolute Gasteiger partial charge is 0.0768 e. The minimum Gasteiger partial charge on any atom is -0.389 e. The zero-order chi connectivity index (χ0) is 11.1. The highest BCUT2D eigenvalue weighted by Crippen LogP contribution is 2.09. The Kier molecular flexibility index (Phi) is 5.90. The van der Waals surface area contributed by atoms with Crippen molar-refractivity contribution in [2.24, 2.45) is 0 Å². The van der Waals surface area contributed by atoms with Gasteiger partial charge in [0.2, 0.25) is 0 Å². The van der Waals surface area contributed by atoms with E-state index in [1.54, 1.807) is 13.2 Å². The maximum Gasteiger partial charge on any atom is 0.0768 e. The van der Waals surface area contributed by atoms with Crippen LogP contribution in [0.15, 0.2) is 34.4 Å². The second-order valence-corrected chi connectivity index (χ2v) is 4.06. The van der Waals surface area contributed by atoms with E-state index in [2.05, 4.69) is 28.7 Å². The third-order valence-electron chi connectivity index (χ3n) is 2.04. The SMILES string of the molecule is COCc1cccc(C[C@H](O)/C=C/I)c1. The Balaban J connectivity index is 2.64. The number of hydrogen-bond acceptors (Lipinski definition) is 2. The average molecular weight is 318 g/mol. The van der Waals surface area contributed by atoms with Gasteiger partial charge in [-0.2, -0.15) is 0 Å². The van der Waals surface area contributed by atoms with Gasteiger partial charge in [0.1, 0.15) is 0 Å². The van der Waals surface area contributed by atoms with Crippen molar-refractivity contribution in [3.63, 3.8) is 0 Å². The molecule has 0 saturated heterocycles. The lowest BCUT2D eigenvalue weighted by molar-refractivity contribution is 0.184. The fraction of sp³-hybridized carbons (Fsp3) is 0.333. The van der Waals surface area contributed by atoms with Crippen molar-refractivity contribution in [1.29, 1.82) is 0 Å². The summed E-state index contributed by atoms with van der Waals surface area (Å²) in [5.41, 5.74) is 2.27. The first-order chi connectivity index (χ1) is 7.26. The molecule has 0 saturated carbocycles. The van der Waals surface area contributed by atoms with E-state index in [1.165, 1.54) is 0 Å². The normalized spacial score (nSPS) is 13.3. The monoisotopic (exact) mass is 318 g/mol. The molecular weight excluding hydrogens is 303 g/mol. The van der Waals surface area contributed by atoms with Crippen molar-refractivity contribution in [2.75, 3.05) is 7.11 Å². The molecule has 0 heterocycles. The highest BCUT2D eigenvalue weighted by Gasteiger charge is 2.02. The lowest BCUT2D eigenvalue weighted by Gasteiger charge is -2.07. The average Bonchev–Trinajstić information content (AvgIpc) is 2.19. The molecule has 15 heavy (non-hydrogen) atoms. The third-order valence-corrected chi connectivity index (χ3v) is 2.46. The van der Waals surface area contributed by atoms with Crippen LogP contribution in [0.2, 0.25) is 0 Å². The molecule has 1 rings (SSSR count). The van der Waals surface area contributed by atoms with Gasteiger partial charge in [-0.15, -0.1) is 0 Å². The van der Waals surface area contributed by atoms with Gasteiger partial charge in [0.25, 0.3) is 0 Å². The van der Waals surface area contributed by atoms with Crippen LogP contribution >= 0.6 is 22.6 Å². The summed E-state index contributed by atoms with van der Waals surface area (Å²) in [5.74, 6) is 0. The van der Waals surface area contributed by atoms with Crippen molar-refractivity contribution in [1.82, 2.24) is 0 Å². The molecule has 0 bridgehead atoms. The molecule has 1 atom stereocenters. The molecule has 0 radical (unpaired) electrons. The number of halogens is 1. The van der Waals surface area contributed by atoms with Crippen LogP contribution in [-0.4, -0.2) is 18.3 Å². The minimum absolute atomic E-state index is 0.403. The summed E-state index contributed by atoms with van der Waals surface area (Å²) in [6, 6.07) is 8.09. The van der Waals surface area contributed by atoms with Gasteiger partial charge < -0.3 is 9.84 Å². The first-order valence-corrected chi connectivity index (χ1v) is 6.02. The molecular formula is C12H15IO2. The summed E-state index contributed by atoms with van der Waals surface area (Å²) in [4.78, 5) is 0. The maximum atomic E-state index is 9.60. The van der Waals surface area contributed by atoms with E-state index < -0.39 is 6.10 Å². The van der Waals surface area contributed by atoms with Gasteiger partial charge >= 0.3 is 0 Å². The lowest BCUT2D eigenvalue weighted by Crippen LogP contribution is -2.06. The predicted octanol–water partition coefficient (Wildman–Crippen LogP) is 2.69. The molecule has 0 aliphatic carbocycles. The van der Waals surface area contributed by atoms with E-state index in [1.807, 2.05) is 22.3 Å². The molecule has 0 fully saturated rings. The van der Waals surface area contributed by atoms with E-state index in [0.717, 1.165) is 11.1 Å². The van der Waals surface area contributed by atoms with Gasteiger partial charge in [-0.25, -0.2) is 0 Å². The zero-order valence-electron chi connectivity index (χ0n) is 8.69. The number of aliphatic hydroxyl groups is 1. The van der Waals surface area contributed by atoms with E-state index in [0.29, 0.717) is 13.0 Å². The van der Waals surface area contributed by atoms with Crippen molar-refractivity contribution in [3.8, 4) is 0 Å². The molecule has 0 amide bonds. The number of ether oxygens (including phenoxy) is 1. The van der Waals surface area contributed by atoms with Gasteiger partial charge in [-0.3, -0.25) is 0 Å². The number of aliphatic hydroxyl groups excluding tert-OH is 1. The van der Waals surface area contributed by atoms with Gasteiger partial charge in [-0.1, -0.05) is 46.9 Å². The van der Waals surface area contributed by atoms with Crippen LogP contribution < -0.4 is 0 Å². The number of rotatable bonds is 5. The first kappa shape index (κ1) is 12.7. The van der Waals surface area contributed by atoms with Gasteiger partial charge in [0, 0.05) is 13.5 Å². The molecule has 0 spiro atoms. The zero-order valence-corrected chi connectivity index (χ0v) is 10.8. The van der Waals surface area contributed by atoms with Gasteiger partial charge in [-0.05, 0) is 21.3 Å². The van der Waals surface area contributed by atoms with Gasteiger partial charge in [0.05, 0.1) is 12.7 Å². The number of methoxy groups -OCH3 is 1. The fourth-order valence-electron chi connectivity index (χ4n) is 1.41. The minimum atomic E-state index is -0.403. The highest BCUT2D eigenvalue weighted by atomic mass is 127. The Bertz CT molecular complexity index is 323. The van der Waals surface area contributed by atoms with Crippen LogP contribution in [0, 0.1) is 0 Å². The van der Waals surface area contributed by atoms with Crippen LogP contribution in [0.4, 0.5) is 0 Å². The highest BCUT2D eigenvalue weighted by molar-refractivity contribution is 14.1. The Morgan fingerprint density at radius 2 is 2.20 bits per heavy atom. The third kappa shape index (κ3) is 4.77. The molecule has 82 valence electrons. The Labute approximate surface area is 104 Å². The van der Waals surface area contributed by atoms with E-state index in [9.17, 15) is 5.11 Å². The molecule has 3 heteroatoms. The topological polar surface area (TPSA) is 29.5 Å². The summed E-state index contributed by atoms with van der Waals surface area (Å²) in [6.07, 6.45) is 2.03. The molecule has 1 aromatic rings. The number of hydrogen-bond donors (Lipinski definition) is 1. The summed E-state index contributed by atoms with van der Waals surface area (Å²) >= 11 is 2.10. The predicted molar refractivity (Wildman–Crippen MR) is 70.0 cm³/mol. The Morgan fingerprint density at radius 3 is 2.87 bits per heavy atom. The first-order valence-electron chi connectivity index (χ1n) is 4.78. The van der Waals surface area contributed by atoms with Crippen LogP contribution in [0.25, 0.3) is 0 Å². The summed E-state index contributed by atoms with van der Waals surface area (Å²) < 4.78 is 6.89. The standard InChI is InChI=1S/C12H15IO2/c1-15-9-11-4-2-3-10(7-11)8-12(14)5-6-13/h2-7,12,14H,8-9H2,1H3/b6-5+/t12-/m1/s1. The Morgan fingerprint density at radius 1 is 1.47 bits per heavy atom. The summed E-state index contributed by atoms with van der Waals surface area (Å²) in [7, 11) is 1.68. The van der Waals surface area contributed by atoms with Gasteiger partial charge in [0.15, 0.2) is 0 Å². The van der Waals surface area contributed by atoms with E-state index in [4.69, 9.17) is 4.74 Å². The van der Waals surface area contributed by atoms with E-state index in [-0.39, 0.29) is 0 Å². The Hall–Kier alpha value is -0.390. The molecule has 0 aromatic heterocycles.